The lowest BCUT2D eigenvalue weighted by Gasteiger charge is -2.20. The van der Waals surface area contributed by atoms with Crippen LogP contribution < -0.4 is 5.73 Å². The van der Waals surface area contributed by atoms with E-state index in [-0.39, 0.29) is 12.4 Å². The van der Waals surface area contributed by atoms with Crippen LogP contribution in [0.3, 0.4) is 0 Å². The summed E-state index contributed by atoms with van der Waals surface area (Å²) in [6.45, 7) is 4.05. The van der Waals surface area contributed by atoms with Crippen LogP contribution in [0.1, 0.15) is 79.8 Å². The highest BCUT2D eigenvalue weighted by Gasteiger charge is 2.17. The molecule has 1 unspecified atom stereocenters. The number of unbranched alkanes of at least 4 members (excludes halogenated alkanes) is 5. The molecule has 1 rings (SSSR count). The van der Waals surface area contributed by atoms with Gasteiger partial charge in [0, 0.05) is 16.8 Å². The number of rotatable bonds is 12. The molecule has 0 aliphatic rings. The maximum absolute atomic E-state index is 12.1. The zero-order chi connectivity index (χ0) is 16.4. The van der Waals surface area contributed by atoms with Crippen molar-refractivity contribution in [3.63, 3.8) is 0 Å². The van der Waals surface area contributed by atoms with Gasteiger partial charge in [-0.3, -0.25) is 4.79 Å². The van der Waals surface area contributed by atoms with E-state index in [0.717, 1.165) is 30.6 Å². The number of carbonyl (C=O) groups is 1. The first kappa shape index (κ1) is 19.3. The summed E-state index contributed by atoms with van der Waals surface area (Å²) in [5.41, 5.74) is 5.40. The molecule has 1 heterocycles. The van der Waals surface area contributed by atoms with Crippen LogP contribution in [0.4, 0.5) is 0 Å². The average molecular weight is 326 g/mol. The van der Waals surface area contributed by atoms with Crippen LogP contribution >= 0.6 is 11.3 Å². The molecule has 22 heavy (non-hydrogen) atoms. The molecular weight excluding hydrogens is 294 g/mol. The number of Topliss-reactive ketones (excluding diaryl/α,β-unsaturated/α-hetero) is 1. The molecule has 1 aromatic rings. The number of aliphatic hydroxyl groups excluding tert-OH is 1. The van der Waals surface area contributed by atoms with E-state index in [4.69, 9.17) is 10.8 Å². The van der Waals surface area contributed by atoms with Crippen LogP contribution in [0.15, 0.2) is 12.1 Å². The molecule has 0 radical (unpaired) electrons. The maximum Gasteiger partial charge on any atom is 0.172 e. The molecule has 0 spiro atoms. The molecule has 0 fully saturated rings. The van der Waals surface area contributed by atoms with Gasteiger partial charge in [-0.15, -0.1) is 11.3 Å². The monoisotopic (exact) mass is 325 g/mol. The van der Waals surface area contributed by atoms with Gasteiger partial charge in [0.25, 0.3) is 0 Å². The van der Waals surface area contributed by atoms with Crippen molar-refractivity contribution < 1.29 is 9.90 Å². The number of aryl methyl sites for hydroxylation is 1. The molecule has 3 N–H and O–H groups in total. The number of nitrogens with two attached hydrogens (primary N) is 1. The summed E-state index contributed by atoms with van der Waals surface area (Å²) in [6.07, 6.45) is 9.47. The SMILES string of the molecule is CCCCCCCCC(=O)c1ccc(CCC(C)(N)CO)s1. The van der Waals surface area contributed by atoms with Crippen molar-refractivity contribution in [3.05, 3.63) is 21.9 Å². The van der Waals surface area contributed by atoms with Gasteiger partial charge in [-0.25, -0.2) is 0 Å². The minimum absolute atomic E-state index is 0.0117. The summed E-state index contributed by atoms with van der Waals surface area (Å²) in [4.78, 5) is 14.2. The number of hydrogen-bond donors (Lipinski definition) is 2. The van der Waals surface area contributed by atoms with Crippen molar-refractivity contribution in [2.24, 2.45) is 5.73 Å². The van der Waals surface area contributed by atoms with E-state index in [9.17, 15) is 4.79 Å². The van der Waals surface area contributed by atoms with Gasteiger partial charge < -0.3 is 10.8 Å². The molecule has 0 bridgehead atoms. The Morgan fingerprint density at radius 2 is 1.91 bits per heavy atom. The fourth-order valence-corrected chi connectivity index (χ4v) is 3.31. The summed E-state index contributed by atoms with van der Waals surface area (Å²) in [7, 11) is 0. The van der Waals surface area contributed by atoms with E-state index < -0.39 is 5.54 Å². The molecule has 1 aromatic heterocycles. The van der Waals surface area contributed by atoms with E-state index in [1.54, 1.807) is 11.3 Å². The van der Waals surface area contributed by atoms with E-state index in [1.165, 1.54) is 30.6 Å². The first-order valence-electron chi connectivity index (χ1n) is 8.50. The van der Waals surface area contributed by atoms with Crippen molar-refractivity contribution >= 4 is 17.1 Å². The van der Waals surface area contributed by atoms with Crippen molar-refractivity contribution in [1.29, 1.82) is 0 Å². The molecule has 0 aliphatic carbocycles. The van der Waals surface area contributed by atoms with Crippen molar-refractivity contribution in [2.75, 3.05) is 6.61 Å². The summed E-state index contributed by atoms with van der Waals surface area (Å²) in [5.74, 6) is 0.268. The third kappa shape index (κ3) is 7.52. The second-order valence-corrected chi connectivity index (χ2v) is 7.69. The van der Waals surface area contributed by atoms with E-state index >= 15 is 0 Å². The Bertz CT molecular complexity index is 440. The van der Waals surface area contributed by atoms with Crippen molar-refractivity contribution in [2.45, 2.75) is 77.2 Å². The number of hydrogen-bond acceptors (Lipinski definition) is 4. The molecule has 0 aliphatic heterocycles. The number of ketones is 1. The van der Waals surface area contributed by atoms with E-state index in [1.807, 2.05) is 19.1 Å². The van der Waals surface area contributed by atoms with Crippen molar-refractivity contribution in [1.82, 2.24) is 0 Å². The molecule has 1 atom stereocenters. The number of carbonyl (C=O) groups excluding carboxylic acids is 1. The van der Waals surface area contributed by atoms with Crippen molar-refractivity contribution in [3.8, 4) is 0 Å². The van der Waals surface area contributed by atoms with Gasteiger partial charge >= 0.3 is 0 Å². The fourth-order valence-electron chi connectivity index (χ4n) is 2.34. The second-order valence-electron chi connectivity index (χ2n) is 6.52. The summed E-state index contributed by atoms with van der Waals surface area (Å²) >= 11 is 1.58. The number of aliphatic hydroxyl groups is 1. The Labute approximate surface area is 138 Å². The predicted octanol–water partition coefficient (Wildman–Crippen LogP) is 4.32. The minimum Gasteiger partial charge on any atom is -0.394 e. The Morgan fingerprint density at radius 3 is 2.59 bits per heavy atom. The lowest BCUT2D eigenvalue weighted by molar-refractivity contribution is 0.0983. The second kappa shape index (κ2) is 10.1. The molecule has 126 valence electrons. The van der Waals surface area contributed by atoms with Crippen LogP contribution in [0.25, 0.3) is 0 Å². The highest BCUT2D eigenvalue weighted by molar-refractivity contribution is 7.14. The topological polar surface area (TPSA) is 63.3 Å². The average Bonchev–Trinajstić information content (AvgIpc) is 2.98. The molecule has 0 saturated carbocycles. The highest BCUT2D eigenvalue weighted by Crippen LogP contribution is 2.22. The van der Waals surface area contributed by atoms with Crippen LogP contribution in [0.2, 0.25) is 0 Å². The maximum atomic E-state index is 12.1. The van der Waals surface area contributed by atoms with E-state index in [0.29, 0.717) is 6.42 Å². The largest absolute Gasteiger partial charge is 0.394 e. The Balaban J connectivity index is 2.29. The lowest BCUT2D eigenvalue weighted by Crippen LogP contribution is -2.40. The molecule has 0 saturated heterocycles. The Morgan fingerprint density at radius 1 is 1.23 bits per heavy atom. The molecule has 3 nitrogen and oxygen atoms in total. The van der Waals surface area contributed by atoms with E-state index in [2.05, 4.69) is 6.92 Å². The summed E-state index contributed by atoms with van der Waals surface area (Å²) < 4.78 is 0. The van der Waals surface area contributed by atoms with Crippen LogP contribution in [0.5, 0.6) is 0 Å². The first-order chi connectivity index (χ1) is 10.5. The van der Waals surface area contributed by atoms with Gasteiger partial charge in [0.1, 0.15) is 0 Å². The zero-order valence-corrected chi connectivity index (χ0v) is 14.9. The summed E-state index contributed by atoms with van der Waals surface area (Å²) in [6, 6.07) is 3.96. The normalized spacial score (nSPS) is 14.0. The van der Waals surface area contributed by atoms with Gasteiger partial charge in [0.15, 0.2) is 5.78 Å². The quantitative estimate of drug-likeness (QED) is 0.444. The standard InChI is InChI=1S/C18H31NO2S/c1-3-4-5-6-7-8-9-16(21)17-11-10-15(22-17)12-13-18(2,19)14-20/h10-11,20H,3-9,12-14,19H2,1-2H3. The molecule has 0 aromatic carbocycles. The van der Waals surface area contributed by atoms with Gasteiger partial charge in [0.2, 0.25) is 0 Å². The zero-order valence-electron chi connectivity index (χ0n) is 14.1. The first-order valence-corrected chi connectivity index (χ1v) is 9.32. The third-order valence-corrected chi connectivity index (χ3v) is 5.18. The number of thiophene rings is 1. The van der Waals surface area contributed by atoms with Gasteiger partial charge in [-0.1, -0.05) is 39.0 Å². The van der Waals surface area contributed by atoms with Crippen LogP contribution in [-0.2, 0) is 6.42 Å². The predicted molar refractivity (Wildman–Crippen MR) is 94.6 cm³/mol. The third-order valence-electron chi connectivity index (χ3n) is 4.00. The summed E-state index contributed by atoms with van der Waals surface area (Å²) in [5, 5.41) is 9.16. The molecular formula is C18H31NO2S. The Hall–Kier alpha value is -0.710. The fraction of sp³-hybridized carbons (Fsp3) is 0.722. The highest BCUT2D eigenvalue weighted by atomic mass is 32.1. The van der Waals surface area contributed by atoms with Crippen LogP contribution in [0, 0.1) is 0 Å². The lowest BCUT2D eigenvalue weighted by atomic mass is 9.98. The van der Waals surface area contributed by atoms with Gasteiger partial charge in [-0.2, -0.15) is 0 Å². The smallest absolute Gasteiger partial charge is 0.172 e. The van der Waals surface area contributed by atoms with Gasteiger partial charge in [-0.05, 0) is 38.3 Å². The molecule has 4 heteroatoms. The Kier molecular flexibility index (Phi) is 8.91. The van der Waals surface area contributed by atoms with Gasteiger partial charge in [0.05, 0.1) is 11.5 Å². The van der Waals surface area contributed by atoms with Crippen LogP contribution in [-0.4, -0.2) is 23.0 Å². The molecule has 0 amide bonds. The minimum atomic E-state index is -0.535.